The molecule has 0 fully saturated rings. The third-order valence-corrected chi connectivity index (χ3v) is 2.66. The summed E-state index contributed by atoms with van der Waals surface area (Å²) in [7, 11) is 1.46. The van der Waals surface area contributed by atoms with Crippen molar-refractivity contribution in [3.05, 3.63) is 34.9 Å². The monoisotopic (exact) mass is 255 g/mol. The van der Waals surface area contributed by atoms with Gasteiger partial charge >= 0.3 is 0 Å². The van der Waals surface area contributed by atoms with Gasteiger partial charge in [0.15, 0.2) is 5.82 Å². The summed E-state index contributed by atoms with van der Waals surface area (Å²) >= 11 is 0. The molecule has 2 rings (SSSR count). The Morgan fingerprint density at radius 1 is 1.53 bits per heavy atom. The smallest absolute Gasteiger partial charge is 0.256 e. The maximum Gasteiger partial charge on any atom is 0.256 e. The van der Waals surface area contributed by atoms with Crippen LogP contribution in [-0.4, -0.2) is 23.2 Å². The Bertz CT molecular complexity index is 624. The minimum atomic E-state index is -0.223. The van der Waals surface area contributed by atoms with Crippen LogP contribution in [0.5, 0.6) is 5.88 Å². The maximum atomic E-state index is 11.9. The van der Waals surface area contributed by atoms with E-state index in [1.807, 2.05) is 19.1 Å². The van der Waals surface area contributed by atoms with Crippen molar-refractivity contribution in [3.8, 4) is 18.2 Å². The lowest BCUT2D eigenvalue weighted by molar-refractivity contribution is -0.112. The Morgan fingerprint density at radius 2 is 2.32 bits per heavy atom. The van der Waals surface area contributed by atoms with Gasteiger partial charge in [-0.15, -0.1) is 16.6 Å². The molecule has 5 nitrogen and oxygen atoms in total. The van der Waals surface area contributed by atoms with Crippen molar-refractivity contribution in [2.45, 2.75) is 13.3 Å². The van der Waals surface area contributed by atoms with E-state index in [4.69, 9.17) is 11.2 Å². The van der Waals surface area contributed by atoms with Gasteiger partial charge in [0.1, 0.15) is 0 Å². The minimum Gasteiger partial charge on any atom is -0.479 e. The Kier molecular flexibility index (Phi) is 3.62. The van der Waals surface area contributed by atoms with E-state index < -0.39 is 0 Å². The predicted molar refractivity (Wildman–Crippen MR) is 71.6 cm³/mol. The zero-order chi connectivity index (χ0) is 13.8. The molecule has 0 unspecified atom stereocenters. The number of carbonyl (C=O) groups excluding carboxylic acids is 1. The van der Waals surface area contributed by atoms with Crippen LogP contribution in [0, 0.1) is 12.3 Å². The van der Waals surface area contributed by atoms with Gasteiger partial charge in [-0.25, -0.2) is 0 Å². The molecule has 0 bridgehead atoms. The van der Waals surface area contributed by atoms with E-state index in [-0.39, 0.29) is 11.8 Å². The number of amides is 1. The van der Waals surface area contributed by atoms with Gasteiger partial charge in [0.2, 0.25) is 5.88 Å². The van der Waals surface area contributed by atoms with Crippen LogP contribution in [-0.2, 0) is 4.79 Å². The Morgan fingerprint density at radius 3 is 2.89 bits per heavy atom. The van der Waals surface area contributed by atoms with Crippen molar-refractivity contribution in [3.63, 3.8) is 0 Å². The number of terminal acetylenes is 1. The second-order valence-electron chi connectivity index (χ2n) is 4.11. The first kappa shape index (κ1) is 12.8. The number of carbonyl (C=O) groups is 1. The average molecular weight is 255 g/mol. The minimum absolute atomic E-state index is 0.223. The predicted octanol–water partition coefficient (Wildman–Crippen LogP) is 1.68. The van der Waals surface area contributed by atoms with Gasteiger partial charge in [-0.1, -0.05) is 23.6 Å². The molecule has 1 aromatic heterocycles. The molecule has 1 aliphatic rings. The number of hydrogen-bond acceptors (Lipinski definition) is 4. The lowest BCUT2D eigenvalue weighted by Crippen LogP contribution is -2.14. The number of ether oxygens (including phenoxy) is 1. The van der Waals surface area contributed by atoms with E-state index in [0.717, 1.165) is 12.0 Å². The van der Waals surface area contributed by atoms with Gasteiger partial charge in [-0.2, -0.15) is 0 Å². The molecule has 0 aromatic carbocycles. The number of allylic oxidation sites excluding steroid dienone is 2. The molecular weight excluding hydrogens is 242 g/mol. The zero-order valence-electron chi connectivity index (χ0n) is 10.7. The summed E-state index contributed by atoms with van der Waals surface area (Å²) in [6, 6.07) is 1.55. The highest BCUT2D eigenvalue weighted by molar-refractivity contribution is 6.05. The first-order valence-electron chi connectivity index (χ1n) is 5.71. The molecule has 5 heteroatoms. The van der Waals surface area contributed by atoms with Gasteiger partial charge in [0.25, 0.3) is 5.91 Å². The molecule has 96 valence electrons. The third kappa shape index (κ3) is 2.80. The molecule has 0 saturated heterocycles. The number of anilines is 1. The van der Waals surface area contributed by atoms with Gasteiger partial charge in [-0.05, 0) is 13.3 Å². The molecule has 1 heterocycles. The summed E-state index contributed by atoms with van der Waals surface area (Å²) < 4.78 is 4.96. The largest absolute Gasteiger partial charge is 0.479 e. The number of rotatable bonds is 3. The van der Waals surface area contributed by atoms with E-state index in [0.29, 0.717) is 17.0 Å². The van der Waals surface area contributed by atoms with Crippen molar-refractivity contribution < 1.29 is 9.53 Å². The standard InChI is InChI=1S/C14H13N3O2/c1-4-10-8-12(16-17-14(10)19-3)15-13(18)11-6-5-9(2)7-11/h1,6-8H,5H2,2-3H3,(H,15,16,18). The topological polar surface area (TPSA) is 64.1 Å². The van der Waals surface area contributed by atoms with E-state index in [9.17, 15) is 4.79 Å². The van der Waals surface area contributed by atoms with E-state index in [2.05, 4.69) is 21.4 Å². The fraction of sp³-hybridized carbons (Fsp3) is 0.214. The van der Waals surface area contributed by atoms with Gasteiger partial charge < -0.3 is 10.1 Å². The fourth-order valence-corrected chi connectivity index (χ4v) is 1.70. The third-order valence-electron chi connectivity index (χ3n) is 2.66. The number of nitrogens with zero attached hydrogens (tertiary/aromatic N) is 2. The highest BCUT2D eigenvalue weighted by Gasteiger charge is 2.13. The molecule has 0 saturated carbocycles. The normalized spacial score (nSPS) is 13.3. The Balaban J connectivity index is 2.16. The van der Waals surface area contributed by atoms with Crippen molar-refractivity contribution in [2.75, 3.05) is 12.4 Å². The first-order chi connectivity index (χ1) is 9.13. The molecule has 0 aliphatic heterocycles. The lowest BCUT2D eigenvalue weighted by Gasteiger charge is -2.06. The van der Waals surface area contributed by atoms with E-state index >= 15 is 0 Å². The summed E-state index contributed by atoms with van der Waals surface area (Å²) in [6.07, 6.45) is 9.84. The van der Waals surface area contributed by atoms with Crippen LogP contribution < -0.4 is 10.1 Å². The van der Waals surface area contributed by atoms with Crippen LogP contribution >= 0.6 is 0 Å². The van der Waals surface area contributed by atoms with E-state index in [1.165, 1.54) is 7.11 Å². The van der Waals surface area contributed by atoms with Crippen LogP contribution in [0.4, 0.5) is 5.82 Å². The molecule has 19 heavy (non-hydrogen) atoms. The quantitative estimate of drug-likeness (QED) is 0.835. The van der Waals surface area contributed by atoms with Gasteiger partial charge in [-0.3, -0.25) is 4.79 Å². The van der Waals surface area contributed by atoms with E-state index in [1.54, 1.807) is 6.07 Å². The summed E-state index contributed by atoms with van der Waals surface area (Å²) in [5.74, 6) is 2.77. The maximum absolute atomic E-state index is 11.9. The summed E-state index contributed by atoms with van der Waals surface area (Å²) in [5, 5.41) is 10.3. The highest BCUT2D eigenvalue weighted by Crippen LogP contribution is 2.19. The molecular formula is C14H13N3O2. The second kappa shape index (κ2) is 5.36. The number of hydrogen-bond donors (Lipinski definition) is 1. The molecule has 1 N–H and O–H groups in total. The van der Waals surface area contributed by atoms with Gasteiger partial charge in [0, 0.05) is 11.6 Å². The van der Waals surface area contributed by atoms with Crippen LogP contribution in [0.25, 0.3) is 0 Å². The van der Waals surface area contributed by atoms with Crippen molar-refractivity contribution in [1.82, 2.24) is 10.2 Å². The molecule has 1 amide bonds. The molecule has 0 radical (unpaired) electrons. The summed E-state index contributed by atoms with van der Waals surface area (Å²) in [4.78, 5) is 11.9. The number of nitrogens with one attached hydrogen (secondary N) is 1. The fourth-order valence-electron chi connectivity index (χ4n) is 1.70. The molecule has 0 atom stereocenters. The van der Waals surface area contributed by atoms with Crippen LogP contribution in [0.2, 0.25) is 0 Å². The van der Waals surface area contributed by atoms with Crippen LogP contribution in [0.3, 0.4) is 0 Å². The highest BCUT2D eigenvalue weighted by atomic mass is 16.5. The number of methoxy groups -OCH3 is 1. The van der Waals surface area contributed by atoms with Crippen LogP contribution in [0.1, 0.15) is 18.9 Å². The Hall–Kier alpha value is -2.61. The average Bonchev–Trinajstić information content (AvgIpc) is 2.85. The SMILES string of the molecule is C#Cc1cc(NC(=O)C2=CCC(C)=C2)nnc1OC. The summed E-state index contributed by atoms with van der Waals surface area (Å²) in [6.45, 7) is 1.97. The van der Waals surface area contributed by atoms with Crippen molar-refractivity contribution in [1.29, 1.82) is 0 Å². The lowest BCUT2D eigenvalue weighted by atomic mass is 10.2. The van der Waals surface area contributed by atoms with Crippen molar-refractivity contribution >= 4 is 11.7 Å². The first-order valence-corrected chi connectivity index (χ1v) is 5.71. The molecule has 0 spiro atoms. The second-order valence-corrected chi connectivity index (χ2v) is 4.11. The summed E-state index contributed by atoms with van der Waals surface area (Å²) in [5.41, 5.74) is 2.22. The molecule has 1 aromatic rings. The number of aromatic nitrogens is 2. The molecule has 1 aliphatic carbocycles. The zero-order valence-corrected chi connectivity index (χ0v) is 10.7. The Labute approximate surface area is 111 Å². The van der Waals surface area contributed by atoms with Gasteiger partial charge in [0.05, 0.1) is 12.7 Å². The van der Waals surface area contributed by atoms with Crippen LogP contribution in [0.15, 0.2) is 29.4 Å². The van der Waals surface area contributed by atoms with Crippen molar-refractivity contribution in [2.24, 2.45) is 0 Å².